The lowest BCUT2D eigenvalue weighted by Crippen LogP contribution is -2.51. The van der Waals surface area contributed by atoms with E-state index in [1.54, 1.807) is 29.2 Å². The van der Waals surface area contributed by atoms with Gasteiger partial charge < -0.3 is 15.0 Å². The van der Waals surface area contributed by atoms with Gasteiger partial charge in [0, 0.05) is 51.1 Å². The van der Waals surface area contributed by atoms with Crippen molar-refractivity contribution in [3.63, 3.8) is 0 Å². The summed E-state index contributed by atoms with van der Waals surface area (Å²) in [5.74, 6) is -0.316. The number of piperazine rings is 1. The van der Waals surface area contributed by atoms with E-state index in [4.69, 9.17) is 4.74 Å². The van der Waals surface area contributed by atoms with Crippen LogP contribution in [0.1, 0.15) is 36.7 Å². The van der Waals surface area contributed by atoms with Crippen molar-refractivity contribution in [2.24, 2.45) is 0 Å². The Morgan fingerprint density at radius 1 is 1.14 bits per heavy atom. The van der Waals surface area contributed by atoms with E-state index in [9.17, 15) is 18.0 Å². The molecular weight excluding hydrogens is 394 g/mol. The SMILES string of the molecule is CC(C)(C)OC(=O)N1CCN(CCNC(=O)c2cccc(CS(C)(=O)=O)c2)CC1. The van der Waals surface area contributed by atoms with E-state index in [2.05, 4.69) is 10.2 Å². The number of hydrogen-bond donors (Lipinski definition) is 1. The van der Waals surface area contributed by atoms with Crippen LogP contribution in [0.5, 0.6) is 0 Å². The van der Waals surface area contributed by atoms with Gasteiger partial charge in [0.05, 0.1) is 5.75 Å². The van der Waals surface area contributed by atoms with Gasteiger partial charge in [0.1, 0.15) is 5.60 Å². The van der Waals surface area contributed by atoms with Crippen LogP contribution in [-0.2, 0) is 20.3 Å². The van der Waals surface area contributed by atoms with E-state index in [0.29, 0.717) is 37.3 Å². The first-order valence-electron chi connectivity index (χ1n) is 9.68. The van der Waals surface area contributed by atoms with Gasteiger partial charge in [-0.15, -0.1) is 0 Å². The lowest BCUT2D eigenvalue weighted by atomic mass is 10.1. The average Bonchev–Trinajstić information content (AvgIpc) is 2.59. The molecule has 1 fully saturated rings. The molecule has 1 heterocycles. The van der Waals surface area contributed by atoms with Crippen molar-refractivity contribution in [2.75, 3.05) is 45.5 Å². The van der Waals surface area contributed by atoms with Crippen LogP contribution in [0.4, 0.5) is 4.79 Å². The summed E-state index contributed by atoms with van der Waals surface area (Å²) in [4.78, 5) is 28.3. The number of rotatable bonds is 6. The number of carbonyl (C=O) groups excluding carboxylic acids is 2. The van der Waals surface area contributed by atoms with Crippen LogP contribution in [0, 0.1) is 0 Å². The number of amides is 2. The summed E-state index contributed by atoms with van der Waals surface area (Å²) >= 11 is 0. The van der Waals surface area contributed by atoms with Crippen molar-refractivity contribution >= 4 is 21.8 Å². The van der Waals surface area contributed by atoms with Crippen LogP contribution in [0.2, 0.25) is 0 Å². The number of carbonyl (C=O) groups is 2. The number of nitrogens with zero attached hydrogens (tertiary/aromatic N) is 2. The highest BCUT2D eigenvalue weighted by molar-refractivity contribution is 7.89. The molecule has 0 spiro atoms. The van der Waals surface area contributed by atoms with Crippen LogP contribution in [0.3, 0.4) is 0 Å². The lowest BCUT2D eigenvalue weighted by molar-refractivity contribution is 0.0147. The van der Waals surface area contributed by atoms with Crippen molar-refractivity contribution in [1.82, 2.24) is 15.1 Å². The topological polar surface area (TPSA) is 96.0 Å². The molecular formula is C20H31N3O5S. The molecule has 1 aromatic carbocycles. The van der Waals surface area contributed by atoms with Crippen molar-refractivity contribution in [1.29, 1.82) is 0 Å². The molecule has 0 atom stereocenters. The molecule has 0 aromatic heterocycles. The Labute approximate surface area is 173 Å². The van der Waals surface area contributed by atoms with E-state index in [1.165, 1.54) is 6.26 Å². The summed E-state index contributed by atoms with van der Waals surface area (Å²) < 4.78 is 28.2. The molecule has 0 saturated carbocycles. The monoisotopic (exact) mass is 425 g/mol. The fraction of sp³-hybridized carbons (Fsp3) is 0.600. The van der Waals surface area contributed by atoms with Gasteiger partial charge in [-0.3, -0.25) is 9.69 Å². The first kappa shape index (κ1) is 23.2. The minimum Gasteiger partial charge on any atom is -0.444 e. The third kappa shape index (κ3) is 8.41. The Hall–Kier alpha value is -2.13. The first-order chi connectivity index (χ1) is 13.4. The van der Waals surface area contributed by atoms with E-state index < -0.39 is 15.4 Å². The van der Waals surface area contributed by atoms with Gasteiger partial charge in [-0.25, -0.2) is 13.2 Å². The van der Waals surface area contributed by atoms with E-state index >= 15 is 0 Å². The van der Waals surface area contributed by atoms with Crippen LogP contribution < -0.4 is 5.32 Å². The Kier molecular flexibility index (Phi) is 7.65. The van der Waals surface area contributed by atoms with Crippen LogP contribution >= 0.6 is 0 Å². The second-order valence-electron chi connectivity index (χ2n) is 8.34. The predicted octanol–water partition coefficient (Wildman–Crippen LogP) is 1.51. The average molecular weight is 426 g/mol. The highest BCUT2D eigenvalue weighted by Crippen LogP contribution is 2.12. The van der Waals surface area contributed by atoms with Crippen LogP contribution in [0.15, 0.2) is 24.3 Å². The zero-order valence-electron chi connectivity index (χ0n) is 17.6. The molecule has 2 amide bonds. The fourth-order valence-corrected chi connectivity index (χ4v) is 3.80. The van der Waals surface area contributed by atoms with Gasteiger partial charge in [-0.1, -0.05) is 12.1 Å². The van der Waals surface area contributed by atoms with Crippen molar-refractivity contribution < 1.29 is 22.7 Å². The third-order valence-corrected chi connectivity index (χ3v) is 5.21. The van der Waals surface area contributed by atoms with Crippen LogP contribution in [-0.4, -0.2) is 81.3 Å². The summed E-state index contributed by atoms with van der Waals surface area (Å²) in [7, 11) is -3.15. The Morgan fingerprint density at radius 2 is 1.79 bits per heavy atom. The molecule has 2 rings (SSSR count). The summed E-state index contributed by atoms with van der Waals surface area (Å²) in [6.07, 6.45) is 0.877. The molecule has 1 aromatic rings. The second-order valence-corrected chi connectivity index (χ2v) is 10.5. The molecule has 1 N–H and O–H groups in total. The summed E-state index contributed by atoms with van der Waals surface area (Å²) in [6.45, 7) is 9.32. The van der Waals surface area contributed by atoms with Gasteiger partial charge in [-0.05, 0) is 38.5 Å². The predicted molar refractivity (Wildman–Crippen MR) is 112 cm³/mol. The zero-order chi connectivity index (χ0) is 21.7. The Balaban J connectivity index is 1.75. The quantitative estimate of drug-likeness (QED) is 0.742. The largest absolute Gasteiger partial charge is 0.444 e. The van der Waals surface area contributed by atoms with Crippen molar-refractivity contribution in [2.45, 2.75) is 32.1 Å². The third-order valence-electron chi connectivity index (χ3n) is 4.36. The summed E-state index contributed by atoms with van der Waals surface area (Å²) in [5.41, 5.74) is 0.538. The molecule has 29 heavy (non-hydrogen) atoms. The highest BCUT2D eigenvalue weighted by Gasteiger charge is 2.25. The standard InChI is InChI=1S/C20H31N3O5S/c1-20(2,3)28-19(25)23-12-10-22(11-13-23)9-8-21-18(24)17-7-5-6-16(14-17)15-29(4,26)27/h5-7,14H,8-13,15H2,1-4H3,(H,21,24). The normalized spacial score (nSPS) is 15.8. The maximum atomic E-state index is 12.3. The minimum atomic E-state index is -3.15. The Bertz CT molecular complexity index is 825. The summed E-state index contributed by atoms with van der Waals surface area (Å²) in [5, 5.41) is 2.87. The maximum Gasteiger partial charge on any atom is 0.410 e. The second kappa shape index (κ2) is 9.58. The fourth-order valence-electron chi connectivity index (χ4n) is 3.02. The van der Waals surface area contributed by atoms with Crippen molar-refractivity contribution in [3.05, 3.63) is 35.4 Å². The van der Waals surface area contributed by atoms with Crippen molar-refractivity contribution in [3.8, 4) is 0 Å². The molecule has 0 aliphatic carbocycles. The number of hydrogen-bond acceptors (Lipinski definition) is 6. The minimum absolute atomic E-state index is 0.0873. The number of nitrogens with one attached hydrogen (secondary N) is 1. The molecule has 1 saturated heterocycles. The number of ether oxygens (including phenoxy) is 1. The number of sulfone groups is 1. The van der Waals surface area contributed by atoms with E-state index in [1.807, 2.05) is 20.8 Å². The van der Waals surface area contributed by atoms with E-state index in [0.717, 1.165) is 13.1 Å². The van der Waals surface area contributed by atoms with Gasteiger partial charge in [0.15, 0.2) is 9.84 Å². The molecule has 0 unspecified atom stereocenters. The maximum absolute atomic E-state index is 12.3. The molecule has 9 heteroatoms. The zero-order valence-corrected chi connectivity index (χ0v) is 18.4. The molecule has 8 nitrogen and oxygen atoms in total. The molecule has 0 bridgehead atoms. The highest BCUT2D eigenvalue weighted by atomic mass is 32.2. The Morgan fingerprint density at radius 3 is 2.38 bits per heavy atom. The first-order valence-corrected chi connectivity index (χ1v) is 11.7. The van der Waals surface area contributed by atoms with Gasteiger partial charge in [0.25, 0.3) is 5.91 Å². The van der Waals surface area contributed by atoms with Gasteiger partial charge >= 0.3 is 6.09 Å². The number of benzene rings is 1. The molecule has 162 valence electrons. The van der Waals surface area contributed by atoms with Gasteiger partial charge in [0.2, 0.25) is 0 Å². The molecule has 1 aliphatic rings. The molecule has 0 radical (unpaired) electrons. The lowest BCUT2D eigenvalue weighted by Gasteiger charge is -2.35. The smallest absolute Gasteiger partial charge is 0.410 e. The summed E-state index contributed by atoms with van der Waals surface area (Å²) in [6, 6.07) is 6.66. The van der Waals surface area contributed by atoms with Gasteiger partial charge in [-0.2, -0.15) is 0 Å². The van der Waals surface area contributed by atoms with E-state index in [-0.39, 0.29) is 17.8 Å². The van der Waals surface area contributed by atoms with Crippen LogP contribution in [0.25, 0.3) is 0 Å². The molecule has 1 aliphatic heterocycles.